The lowest BCUT2D eigenvalue weighted by Crippen LogP contribution is -2.35. The van der Waals surface area contributed by atoms with E-state index in [1.54, 1.807) is 6.20 Å². The van der Waals surface area contributed by atoms with E-state index in [9.17, 15) is 0 Å². The van der Waals surface area contributed by atoms with Gasteiger partial charge >= 0.3 is 0 Å². The van der Waals surface area contributed by atoms with Crippen molar-refractivity contribution in [1.82, 2.24) is 19.9 Å². The van der Waals surface area contributed by atoms with Gasteiger partial charge in [-0.2, -0.15) is 4.98 Å². The Morgan fingerprint density at radius 1 is 0.853 bits per heavy atom. The summed E-state index contributed by atoms with van der Waals surface area (Å²) < 4.78 is 6.21. The van der Waals surface area contributed by atoms with Crippen LogP contribution in [-0.4, -0.2) is 46.1 Å². The molecule has 1 aliphatic carbocycles. The normalized spacial score (nSPS) is 18.1. The van der Waals surface area contributed by atoms with Gasteiger partial charge in [0.15, 0.2) is 0 Å². The predicted octanol–water partition coefficient (Wildman–Crippen LogP) is 5.76. The summed E-state index contributed by atoms with van der Waals surface area (Å²) in [4.78, 5) is 15.7. The first-order chi connectivity index (χ1) is 16.6. The van der Waals surface area contributed by atoms with E-state index < -0.39 is 0 Å². The van der Waals surface area contributed by atoms with Crippen molar-refractivity contribution in [3.05, 3.63) is 73.1 Å². The minimum atomic E-state index is 0.297. The first kappa shape index (κ1) is 22.1. The Hall–Kier alpha value is -3.71. The van der Waals surface area contributed by atoms with Crippen LogP contribution in [0.1, 0.15) is 25.7 Å². The van der Waals surface area contributed by atoms with E-state index in [4.69, 9.17) is 4.74 Å². The summed E-state index contributed by atoms with van der Waals surface area (Å²) in [7, 11) is 4.32. The molecule has 2 N–H and O–H groups in total. The lowest BCUT2D eigenvalue weighted by molar-refractivity contribution is 0.111. The van der Waals surface area contributed by atoms with E-state index in [0.29, 0.717) is 23.9 Å². The van der Waals surface area contributed by atoms with Gasteiger partial charge in [0.25, 0.3) is 0 Å². The Bertz CT molecular complexity index is 1240. The Balaban J connectivity index is 1.19. The average Bonchev–Trinajstić information content (AvgIpc) is 2.86. The van der Waals surface area contributed by atoms with Crippen LogP contribution in [0.4, 0.5) is 23.1 Å². The number of hydrogen-bond donors (Lipinski definition) is 2. The van der Waals surface area contributed by atoms with Crippen LogP contribution in [0.15, 0.2) is 73.1 Å². The molecule has 0 radical (unpaired) electrons. The van der Waals surface area contributed by atoms with Crippen LogP contribution in [-0.2, 0) is 0 Å². The number of benzene rings is 2. The molecule has 1 saturated carbocycles. The van der Waals surface area contributed by atoms with E-state index in [0.717, 1.165) is 40.9 Å². The summed E-state index contributed by atoms with van der Waals surface area (Å²) in [6.07, 6.45) is 8.41. The fraction of sp³-hybridized carbons (Fsp3) is 0.296. The van der Waals surface area contributed by atoms with Gasteiger partial charge < -0.3 is 20.3 Å². The zero-order chi connectivity index (χ0) is 23.3. The highest BCUT2D eigenvalue weighted by molar-refractivity contribution is 5.82. The molecule has 0 spiro atoms. The van der Waals surface area contributed by atoms with Crippen LogP contribution in [0, 0.1) is 0 Å². The van der Waals surface area contributed by atoms with E-state index in [-0.39, 0.29) is 0 Å². The first-order valence-electron chi connectivity index (χ1n) is 11.8. The molecule has 2 aromatic heterocycles. The number of aromatic nitrogens is 3. The van der Waals surface area contributed by atoms with Crippen molar-refractivity contribution in [2.24, 2.45) is 0 Å². The number of rotatable bonds is 7. The third-order valence-electron chi connectivity index (χ3n) is 6.31. The third kappa shape index (κ3) is 5.43. The summed E-state index contributed by atoms with van der Waals surface area (Å²) in [5.74, 6) is 2.12. The zero-order valence-electron chi connectivity index (χ0n) is 19.6. The molecule has 0 saturated heterocycles. The fourth-order valence-corrected chi connectivity index (χ4v) is 4.39. The van der Waals surface area contributed by atoms with Crippen molar-refractivity contribution in [1.29, 1.82) is 0 Å². The molecule has 0 amide bonds. The molecule has 7 heteroatoms. The van der Waals surface area contributed by atoms with Gasteiger partial charge in [-0.3, -0.25) is 4.98 Å². The molecular weight excluding hydrogens is 424 g/mol. The zero-order valence-corrected chi connectivity index (χ0v) is 19.6. The molecular formula is C27H30N6O. The Morgan fingerprint density at radius 2 is 1.65 bits per heavy atom. The van der Waals surface area contributed by atoms with Crippen LogP contribution in [0.2, 0.25) is 0 Å². The Kier molecular flexibility index (Phi) is 6.53. The number of anilines is 4. The molecule has 0 bridgehead atoms. The number of ether oxygens (including phenoxy) is 1. The minimum absolute atomic E-state index is 0.297. The maximum Gasteiger partial charge on any atom is 0.229 e. The van der Waals surface area contributed by atoms with Crippen molar-refractivity contribution in [2.75, 3.05) is 24.7 Å². The minimum Gasteiger partial charge on any atom is -0.490 e. The van der Waals surface area contributed by atoms with Crippen molar-refractivity contribution in [3.8, 4) is 5.75 Å². The quantitative estimate of drug-likeness (QED) is 0.367. The molecule has 174 valence electrons. The second kappa shape index (κ2) is 10.1. The maximum atomic E-state index is 6.21. The SMILES string of the molecule is CN(C)C1CCC(Oc2ccc(Nc3nccc(Nc4cnc5ccccc5c4)n3)cc2)CC1. The van der Waals surface area contributed by atoms with Crippen molar-refractivity contribution < 1.29 is 4.74 Å². The Labute approximate surface area is 200 Å². The van der Waals surface area contributed by atoms with E-state index in [1.165, 1.54) is 12.8 Å². The lowest BCUT2D eigenvalue weighted by Gasteiger charge is -2.32. The molecule has 0 unspecified atom stereocenters. The maximum absolute atomic E-state index is 6.21. The van der Waals surface area contributed by atoms with Crippen LogP contribution in [0.5, 0.6) is 5.75 Å². The number of nitrogens with one attached hydrogen (secondary N) is 2. The van der Waals surface area contributed by atoms with Gasteiger partial charge in [-0.25, -0.2) is 4.98 Å². The van der Waals surface area contributed by atoms with Gasteiger partial charge in [0.05, 0.1) is 23.5 Å². The van der Waals surface area contributed by atoms with Crippen LogP contribution < -0.4 is 15.4 Å². The van der Waals surface area contributed by atoms with E-state index in [2.05, 4.69) is 50.6 Å². The molecule has 4 aromatic rings. The first-order valence-corrected chi connectivity index (χ1v) is 11.8. The van der Waals surface area contributed by atoms with E-state index >= 15 is 0 Å². The smallest absolute Gasteiger partial charge is 0.229 e. The van der Waals surface area contributed by atoms with Crippen molar-refractivity contribution in [3.63, 3.8) is 0 Å². The van der Waals surface area contributed by atoms with Gasteiger partial charge in [0.2, 0.25) is 5.95 Å². The standard InChI is InChI=1S/C27H30N6O/c1-33(2)22-9-13-24(14-10-22)34-23-11-7-20(8-12-23)31-27-28-16-15-26(32-27)30-21-17-19-5-3-4-6-25(19)29-18-21/h3-8,11-12,15-18,22,24H,9-10,13-14H2,1-2H3,(H2,28,30,31,32). The number of hydrogen-bond acceptors (Lipinski definition) is 7. The average molecular weight is 455 g/mol. The summed E-state index contributed by atoms with van der Waals surface area (Å²) in [5, 5.41) is 7.66. The van der Waals surface area contributed by atoms with Gasteiger partial charge in [0, 0.05) is 23.3 Å². The van der Waals surface area contributed by atoms with Crippen LogP contribution in [0.25, 0.3) is 10.9 Å². The van der Waals surface area contributed by atoms with Gasteiger partial charge in [-0.1, -0.05) is 18.2 Å². The second-order valence-corrected chi connectivity index (χ2v) is 8.97. The third-order valence-corrected chi connectivity index (χ3v) is 6.31. The summed E-state index contributed by atoms with van der Waals surface area (Å²) in [6, 6.07) is 20.6. The highest BCUT2D eigenvalue weighted by atomic mass is 16.5. The van der Waals surface area contributed by atoms with Gasteiger partial charge in [-0.05, 0) is 82.2 Å². The highest BCUT2D eigenvalue weighted by Gasteiger charge is 2.23. The number of pyridine rings is 1. The van der Waals surface area contributed by atoms with Crippen LogP contribution >= 0.6 is 0 Å². The number of fused-ring (bicyclic) bond motifs is 1. The summed E-state index contributed by atoms with van der Waals surface area (Å²) >= 11 is 0. The number of para-hydroxylation sites is 1. The molecule has 34 heavy (non-hydrogen) atoms. The molecule has 0 aliphatic heterocycles. The van der Waals surface area contributed by atoms with Crippen LogP contribution in [0.3, 0.4) is 0 Å². The van der Waals surface area contributed by atoms with Gasteiger partial charge in [0.1, 0.15) is 11.6 Å². The lowest BCUT2D eigenvalue weighted by atomic mass is 9.92. The van der Waals surface area contributed by atoms with Crippen molar-refractivity contribution >= 4 is 34.0 Å². The predicted molar refractivity (Wildman–Crippen MR) is 137 cm³/mol. The second-order valence-electron chi connectivity index (χ2n) is 8.97. The highest BCUT2D eigenvalue weighted by Crippen LogP contribution is 2.27. The molecule has 7 nitrogen and oxygen atoms in total. The molecule has 2 aromatic carbocycles. The molecule has 0 atom stereocenters. The topological polar surface area (TPSA) is 75.2 Å². The fourth-order valence-electron chi connectivity index (χ4n) is 4.39. The molecule has 2 heterocycles. The summed E-state index contributed by atoms with van der Waals surface area (Å²) in [6.45, 7) is 0. The van der Waals surface area contributed by atoms with Gasteiger partial charge in [-0.15, -0.1) is 0 Å². The van der Waals surface area contributed by atoms with E-state index in [1.807, 2.05) is 60.8 Å². The largest absolute Gasteiger partial charge is 0.490 e. The molecule has 5 rings (SSSR count). The molecule has 1 aliphatic rings. The number of nitrogens with zero attached hydrogens (tertiary/aromatic N) is 4. The summed E-state index contributed by atoms with van der Waals surface area (Å²) in [5.41, 5.74) is 2.75. The Morgan fingerprint density at radius 3 is 2.44 bits per heavy atom. The molecule has 1 fully saturated rings. The van der Waals surface area contributed by atoms with Crippen molar-refractivity contribution in [2.45, 2.75) is 37.8 Å². The monoisotopic (exact) mass is 454 g/mol.